The zero-order chi connectivity index (χ0) is 19.4. The van der Waals surface area contributed by atoms with Crippen LogP contribution >= 0.6 is 15.9 Å². The number of ether oxygens (including phenoxy) is 1. The van der Waals surface area contributed by atoms with Gasteiger partial charge in [0.25, 0.3) is 0 Å². The van der Waals surface area contributed by atoms with Gasteiger partial charge in [-0.05, 0) is 66.7 Å². The molecule has 0 bridgehead atoms. The number of benzene rings is 3. The van der Waals surface area contributed by atoms with E-state index < -0.39 is 0 Å². The molecule has 0 spiro atoms. The fourth-order valence-corrected chi connectivity index (χ4v) is 2.92. The Bertz CT molecular complexity index is 1010. The summed E-state index contributed by atoms with van der Waals surface area (Å²) < 4.78 is 6.62. The standard InChI is InChI=1S/C21H15BrN2O3/c1-14(25)24(17-4-8-19(26)9-5-17)18-6-10-20(11-7-18)27-21-12-16(22)3-2-15(21)13-23/h2-12,26H,1H3. The number of carbonyl (C=O) groups excluding carboxylic acids is 1. The zero-order valence-electron chi connectivity index (χ0n) is 14.4. The highest BCUT2D eigenvalue weighted by Crippen LogP contribution is 2.32. The summed E-state index contributed by atoms with van der Waals surface area (Å²) in [5, 5.41) is 18.6. The quantitative estimate of drug-likeness (QED) is 0.601. The first kappa shape index (κ1) is 18.5. The summed E-state index contributed by atoms with van der Waals surface area (Å²) in [5.41, 5.74) is 1.74. The van der Waals surface area contributed by atoms with Gasteiger partial charge >= 0.3 is 0 Å². The molecule has 0 saturated carbocycles. The third-order valence-corrected chi connectivity index (χ3v) is 4.30. The fraction of sp³-hybridized carbons (Fsp3) is 0.0476. The molecule has 0 aromatic heterocycles. The van der Waals surface area contributed by atoms with Crippen LogP contribution in [0, 0.1) is 11.3 Å². The lowest BCUT2D eigenvalue weighted by Crippen LogP contribution is -2.22. The molecule has 3 aromatic carbocycles. The Morgan fingerprint density at radius 3 is 2.19 bits per heavy atom. The van der Waals surface area contributed by atoms with Gasteiger partial charge in [-0.15, -0.1) is 0 Å². The second kappa shape index (κ2) is 7.94. The van der Waals surface area contributed by atoms with E-state index in [0.717, 1.165) is 4.47 Å². The van der Waals surface area contributed by atoms with E-state index in [0.29, 0.717) is 28.4 Å². The number of nitriles is 1. The van der Waals surface area contributed by atoms with Crippen molar-refractivity contribution < 1.29 is 14.6 Å². The number of hydrogen-bond acceptors (Lipinski definition) is 4. The number of phenols is 1. The summed E-state index contributed by atoms with van der Waals surface area (Å²) in [6.45, 7) is 1.47. The Kier molecular flexibility index (Phi) is 5.43. The van der Waals surface area contributed by atoms with Crippen LogP contribution in [0.1, 0.15) is 12.5 Å². The average Bonchev–Trinajstić information content (AvgIpc) is 2.65. The SMILES string of the molecule is CC(=O)N(c1ccc(O)cc1)c1ccc(Oc2cc(Br)ccc2C#N)cc1. The van der Waals surface area contributed by atoms with E-state index in [2.05, 4.69) is 22.0 Å². The predicted octanol–water partition coefficient (Wildman–Crippen LogP) is 5.50. The minimum absolute atomic E-state index is 0.133. The van der Waals surface area contributed by atoms with E-state index >= 15 is 0 Å². The van der Waals surface area contributed by atoms with Crippen LogP contribution in [0.3, 0.4) is 0 Å². The molecule has 3 rings (SSSR count). The summed E-state index contributed by atoms with van der Waals surface area (Å²) in [7, 11) is 0. The first-order chi connectivity index (χ1) is 13.0. The van der Waals surface area contributed by atoms with E-state index in [1.165, 1.54) is 24.0 Å². The minimum atomic E-state index is -0.159. The number of hydrogen-bond donors (Lipinski definition) is 1. The molecule has 0 aliphatic carbocycles. The highest BCUT2D eigenvalue weighted by molar-refractivity contribution is 9.10. The maximum atomic E-state index is 12.1. The van der Waals surface area contributed by atoms with Crippen molar-refractivity contribution in [1.29, 1.82) is 5.26 Å². The van der Waals surface area contributed by atoms with Gasteiger partial charge in [-0.2, -0.15) is 5.26 Å². The highest BCUT2D eigenvalue weighted by Gasteiger charge is 2.14. The van der Waals surface area contributed by atoms with Crippen LogP contribution < -0.4 is 9.64 Å². The summed E-state index contributed by atoms with van der Waals surface area (Å²) in [6.07, 6.45) is 0. The number of phenolic OH excluding ortho intramolecular Hbond substituents is 1. The number of halogens is 1. The molecule has 134 valence electrons. The van der Waals surface area contributed by atoms with Crippen molar-refractivity contribution in [2.24, 2.45) is 0 Å². The molecular formula is C21H15BrN2O3. The van der Waals surface area contributed by atoms with Crippen LogP contribution in [-0.2, 0) is 4.79 Å². The second-order valence-electron chi connectivity index (χ2n) is 5.72. The molecule has 0 saturated heterocycles. The molecule has 6 heteroatoms. The normalized spacial score (nSPS) is 10.1. The minimum Gasteiger partial charge on any atom is -0.508 e. The molecule has 27 heavy (non-hydrogen) atoms. The van der Waals surface area contributed by atoms with Gasteiger partial charge < -0.3 is 9.84 Å². The van der Waals surface area contributed by atoms with E-state index in [1.54, 1.807) is 54.6 Å². The van der Waals surface area contributed by atoms with Gasteiger partial charge in [0.1, 0.15) is 23.3 Å². The molecule has 0 atom stereocenters. The first-order valence-electron chi connectivity index (χ1n) is 8.05. The number of carbonyl (C=O) groups is 1. The Hall–Kier alpha value is -3.30. The molecule has 0 heterocycles. The molecule has 0 unspecified atom stereocenters. The van der Waals surface area contributed by atoms with Crippen molar-refractivity contribution in [3.63, 3.8) is 0 Å². The third-order valence-electron chi connectivity index (χ3n) is 3.81. The monoisotopic (exact) mass is 422 g/mol. The van der Waals surface area contributed by atoms with Crippen LogP contribution in [-0.4, -0.2) is 11.0 Å². The average molecular weight is 423 g/mol. The van der Waals surface area contributed by atoms with E-state index in [-0.39, 0.29) is 11.7 Å². The number of amides is 1. The van der Waals surface area contributed by atoms with Crippen LogP contribution in [0.15, 0.2) is 71.2 Å². The predicted molar refractivity (Wildman–Crippen MR) is 106 cm³/mol. The first-order valence-corrected chi connectivity index (χ1v) is 8.84. The Morgan fingerprint density at radius 2 is 1.63 bits per heavy atom. The highest BCUT2D eigenvalue weighted by atomic mass is 79.9. The number of anilines is 2. The molecule has 0 aliphatic rings. The zero-order valence-corrected chi connectivity index (χ0v) is 16.0. The van der Waals surface area contributed by atoms with Gasteiger partial charge in [0.05, 0.1) is 5.56 Å². The molecule has 0 aliphatic heterocycles. The Balaban J connectivity index is 1.88. The number of rotatable bonds is 4. The van der Waals surface area contributed by atoms with Gasteiger partial charge in [-0.25, -0.2) is 0 Å². The van der Waals surface area contributed by atoms with Crippen LogP contribution in [0.25, 0.3) is 0 Å². The number of nitrogens with zero attached hydrogens (tertiary/aromatic N) is 2. The van der Waals surface area contributed by atoms with Crippen molar-refractivity contribution in [1.82, 2.24) is 0 Å². The van der Waals surface area contributed by atoms with Gasteiger partial charge in [0, 0.05) is 22.8 Å². The molecule has 1 N–H and O–H groups in total. The van der Waals surface area contributed by atoms with Gasteiger partial charge in [0.2, 0.25) is 5.91 Å². The molecular weight excluding hydrogens is 408 g/mol. The summed E-state index contributed by atoms with van der Waals surface area (Å²) >= 11 is 3.37. The van der Waals surface area contributed by atoms with Crippen molar-refractivity contribution in [3.05, 3.63) is 76.8 Å². The molecule has 1 amide bonds. The van der Waals surface area contributed by atoms with Crippen molar-refractivity contribution >= 4 is 33.2 Å². The maximum absolute atomic E-state index is 12.1. The van der Waals surface area contributed by atoms with Crippen LogP contribution in [0.4, 0.5) is 11.4 Å². The summed E-state index contributed by atoms with van der Waals surface area (Å²) in [5.74, 6) is 0.963. The van der Waals surface area contributed by atoms with E-state index in [4.69, 9.17) is 4.74 Å². The van der Waals surface area contributed by atoms with E-state index in [1.807, 2.05) is 0 Å². The lowest BCUT2D eigenvalue weighted by atomic mass is 10.2. The smallest absolute Gasteiger partial charge is 0.228 e. The van der Waals surface area contributed by atoms with Crippen LogP contribution in [0.2, 0.25) is 0 Å². The molecule has 5 nitrogen and oxygen atoms in total. The van der Waals surface area contributed by atoms with E-state index in [9.17, 15) is 15.2 Å². The lowest BCUT2D eigenvalue weighted by Gasteiger charge is -2.21. The third kappa shape index (κ3) is 4.27. The maximum Gasteiger partial charge on any atom is 0.228 e. The van der Waals surface area contributed by atoms with Gasteiger partial charge in [0.15, 0.2) is 0 Å². The van der Waals surface area contributed by atoms with Crippen LogP contribution in [0.5, 0.6) is 17.2 Å². The van der Waals surface area contributed by atoms with Gasteiger partial charge in [-0.1, -0.05) is 15.9 Å². The lowest BCUT2D eigenvalue weighted by molar-refractivity contribution is -0.115. The molecule has 3 aromatic rings. The Morgan fingerprint density at radius 1 is 1.04 bits per heavy atom. The van der Waals surface area contributed by atoms with Gasteiger partial charge in [-0.3, -0.25) is 9.69 Å². The fourth-order valence-electron chi connectivity index (χ4n) is 2.58. The second-order valence-corrected chi connectivity index (χ2v) is 6.63. The molecule has 0 radical (unpaired) electrons. The van der Waals surface area contributed by atoms with Crippen molar-refractivity contribution in [2.45, 2.75) is 6.92 Å². The van der Waals surface area contributed by atoms with Crippen molar-refractivity contribution in [3.8, 4) is 23.3 Å². The largest absolute Gasteiger partial charge is 0.508 e. The molecule has 0 fully saturated rings. The number of aromatic hydroxyl groups is 1. The Labute approximate surface area is 165 Å². The topological polar surface area (TPSA) is 73.6 Å². The summed E-state index contributed by atoms with van der Waals surface area (Å²) in [4.78, 5) is 13.6. The van der Waals surface area contributed by atoms with Crippen molar-refractivity contribution in [2.75, 3.05) is 4.90 Å². The summed E-state index contributed by atoms with van der Waals surface area (Å²) in [6, 6.07) is 20.6.